The first-order valence-electron chi connectivity index (χ1n) is 25.2. The number of hydrogen-bond acceptors (Lipinski definition) is 10. The Hall–Kier alpha value is -6.25. The number of carbonyl (C=O) groups excluding carboxylic acids is 2. The highest BCUT2D eigenvalue weighted by atomic mass is 32.2. The summed E-state index contributed by atoms with van der Waals surface area (Å²) in [7, 11) is 1.53. The summed E-state index contributed by atoms with van der Waals surface area (Å²) in [5, 5.41) is 23.7. The highest BCUT2D eigenvalue weighted by molar-refractivity contribution is 7.87. The maximum atomic E-state index is 12.3. The molecule has 386 valence electrons. The van der Waals surface area contributed by atoms with E-state index in [1.807, 2.05) is 76.2 Å². The molecule has 0 saturated carbocycles. The van der Waals surface area contributed by atoms with E-state index in [4.69, 9.17) is 27.8 Å². The van der Waals surface area contributed by atoms with Gasteiger partial charge in [0.2, 0.25) is 0 Å². The van der Waals surface area contributed by atoms with E-state index in [-0.39, 0.29) is 24.7 Å². The number of methoxy groups -OCH3 is 4. The molecule has 2 aromatic heterocycles. The number of benzene rings is 4. The van der Waals surface area contributed by atoms with E-state index in [2.05, 4.69) is 36.4 Å². The topological polar surface area (TPSA) is 194 Å². The lowest BCUT2D eigenvalue weighted by Crippen LogP contribution is -2.60. The highest BCUT2D eigenvalue weighted by Crippen LogP contribution is 2.44. The molecule has 2 heterocycles. The second-order valence-electron chi connectivity index (χ2n) is 19.0. The van der Waals surface area contributed by atoms with Crippen molar-refractivity contribution in [3.8, 4) is 45.6 Å². The van der Waals surface area contributed by atoms with E-state index in [1.54, 1.807) is 28.4 Å². The van der Waals surface area contributed by atoms with Gasteiger partial charge in [-0.05, 0) is 134 Å². The number of aryl methyl sites for hydroxylation is 4. The molecule has 14 heteroatoms. The average molecular weight is 1010 g/mol. The summed E-state index contributed by atoms with van der Waals surface area (Å²) >= 11 is 0. The number of rotatable bonds is 20. The highest BCUT2D eigenvalue weighted by Gasteiger charge is 2.50. The molecule has 2 aliphatic rings. The maximum Gasteiger partial charge on any atom is 0.364 e. The summed E-state index contributed by atoms with van der Waals surface area (Å²) in [6, 6.07) is 28.7. The van der Waals surface area contributed by atoms with Crippen LogP contribution in [0.4, 0.5) is 0 Å². The summed E-state index contributed by atoms with van der Waals surface area (Å²) in [6.07, 6.45) is 9.49. The van der Waals surface area contributed by atoms with Crippen LogP contribution in [0.2, 0.25) is 0 Å². The van der Waals surface area contributed by atoms with Gasteiger partial charge in [0.1, 0.15) is 28.2 Å². The van der Waals surface area contributed by atoms with Crippen LogP contribution < -0.4 is 29.2 Å². The molecule has 4 aromatic carbocycles. The van der Waals surface area contributed by atoms with Gasteiger partial charge in [-0.15, -0.1) is 0 Å². The van der Waals surface area contributed by atoms with Gasteiger partial charge in [-0.2, -0.15) is 8.42 Å². The Bertz CT molecular complexity index is 2780. The van der Waals surface area contributed by atoms with Gasteiger partial charge < -0.3 is 38.7 Å². The van der Waals surface area contributed by atoms with E-state index in [9.17, 15) is 32.8 Å². The molecule has 0 radical (unpaired) electrons. The van der Waals surface area contributed by atoms with Crippen LogP contribution in [0.15, 0.2) is 93.8 Å². The lowest BCUT2D eigenvalue weighted by atomic mass is 9.68. The predicted octanol–water partition coefficient (Wildman–Crippen LogP) is 10.9. The van der Waals surface area contributed by atoms with Crippen molar-refractivity contribution in [3.05, 3.63) is 107 Å². The molecule has 0 saturated heterocycles. The summed E-state index contributed by atoms with van der Waals surface area (Å²) in [4.78, 5) is 24.0. The maximum absolute atomic E-state index is 12.3. The monoisotopic (exact) mass is 1010 g/mol. The van der Waals surface area contributed by atoms with Crippen molar-refractivity contribution in [2.75, 3.05) is 28.4 Å². The normalized spacial score (nSPS) is 14.5. The minimum absolute atomic E-state index is 0.174. The van der Waals surface area contributed by atoms with Crippen molar-refractivity contribution in [1.82, 2.24) is 0 Å². The van der Waals surface area contributed by atoms with Gasteiger partial charge in [-0.1, -0.05) is 79.1 Å². The van der Waals surface area contributed by atoms with Crippen LogP contribution in [0, 0.1) is 17.3 Å². The Morgan fingerprint density at radius 1 is 0.583 bits per heavy atom. The third-order valence-corrected chi connectivity index (χ3v) is 15.6. The molecule has 3 atom stereocenters. The van der Waals surface area contributed by atoms with Crippen LogP contribution in [0.3, 0.4) is 0 Å². The molecule has 72 heavy (non-hydrogen) atoms. The van der Waals surface area contributed by atoms with Crippen LogP contribution in [-0.4, -0.2) is 58.6 Å². The van der Waals surface area contributed by atoms with Crippen LogP contribution in [0.1, 0.15) is 114 Å². The first kappa shape index (κ1) is 55.1. The molecule has 0 bridgehead atoms. The summed E-state index contributed by atoms with van der Waals surface area (Å²) < 4.78 is 67.1. The lowest BCUT2D eigenvalue weighted by Gasteiger charge is -2.44. The molecular weight excluding hydrogens is 937 g/mol. The average Bonchev–Trinajstić information content (AvgIpc) is 3.38. The number of hydrogen-bond donors (Lipinski definition) is 1. The zero-order valence-electron chi connectivity index (χ0n) is 43.0. The van der Waals surface area contributed by atoms with Crippen molar-refractivity contribution < 1.29 is 60.6 Å². The number of carboxylic acids is 2. The van der Waals surface area contributed by atoms with E-state index < -0.39 is 32.7 Å². The smallest absolute Gasteiger partial charge is 0.364 e. The molecule has 6 aromatic rings. The van der Waals surface area contributed by atoms with Crippen molar-refractivity contribution in [3.63, 3.8) is 0 Å². The van der Waals surface area contributed by atoms with Crippen LogP contribution in [-0.2, 0) is 45.4 Å². The van der Waals surface area contributed by atoms with E-state index in [0.717, 1.165) is 119 Å². The molecule has 0 fully saturated rings. The fraction of sp³-hybridized carbons (Fsp3) is 0.448. The van der Waals surface area contributed by atoms with Crippen molar-refractivity contribution in [2.45, 2.75) is 123 Å². The molecule has 1 N–H and O–H groups in total. The zero-order chi connectivity index (χ0) is 52.2. The largest absolute Gasteiger partial charge is 0.549 e. The molecule has 0 spiro atoms. The van der Waals surface area contributed by atoms with E-state index in [1.165, 1.54) is 22.3 Å². The third kappa shape index (κ3) is 12.9. The predicted molar refractivity (Wildman–Crippen MR) is 277 cm³/mol. The summed E-state index contributed by atoms with van der Waals surface area (Å²) in [5.41, 5.74) is 6.86. The van der Waals surface area contributed by atoms with Crippen LogP contribution >= 0.6 is 0 Å². The number of unbranched alkanes of at least 4 members (excludes halogenated alkanes) is 2. The number of ether oxygens (including phenoxy) is 4. The minimum atomic E-state index is -5.20. The number of carboxylic acid groups (broad SMARTS) is 2. The Kier molecular flexibility index (Phi) is 19.1. The summed E-state index contributed by atoms with van der Waals surface area (Å²) in [5.74, 6) is 1.11. The molecule has 0 aliphatic heterocycles. The molecular formula is C58H70O13S. The van der Waals surface area contributed by atoms with Crippen LogP contribution in [0.25, 0.3) is 44.6 Å². The SMILES string of the molecule is CCCCC(CC)CC(CC(CC)CCCC)(C(=O)[O-])C(C(=O)[O-])S(=O)(=O)O.COc1ccc2c(c1)CCc1cc3ccc(OC)cc3[o+]c1-2.COc1ccc2c(c1)CCc1cc3ccc(OC)cc3[o+]c1-2. The van der Waals surface area contributed by atoms with E-state index >= 15 is 0 Å². The fourth-order valence-corrected chi connectivity index (χ4v) is 11.4. The molecule has 8 rings (SSSR count). The van der Waals surface area contributed by atoms with Gasteiger partial charge in [-0.3, -0.25) is 4.55 Å². The van der Waals surface area contributed by atoms with Gasteiger partial charge in [-0.25, -0.2) is 8.83 Å². The second kappa shape index (κ2) is 24.9. The molecule has 2 aliphatic carbocycles. The minimum Gasteiger partial charge on any atom is -0.549 e. The van der Waals surface area contributed by atoms with Crippen molar-refractivity contribution in [2.24, 2.45) is 17.3 Å². The Morgan fingerprint density at radius 2 is 0.958 bits per heavy atom. The Labute approximate surface area is 424 Å². The van der Waals surface area contributed by atoms with Gasteiger partial charge in [0.15, 0.2) is 0 Å². The Balaban J connectivity index is 0.000000177. The van der Waals surface area contributed by atoms with Crippen molar-refractivity contribution in [1.29, 1.82) is 0 Å². The Morgan fingerprint density at radius 3 is 1.29 bits per heavy atom. The lowest BCUT2D eigenvalue weighted by molar-refractivity contribution is -0.329. The fourth-order valence-electron chi connectivity index (χ4n) is 10.3. The first-order valence-corrected chi connectivity index (χ1v) is 26.7. The summed E-state index contributed by atoms with van der Waals surface area (Å²) in [6.45, 7) is 7.68. The second-order valence-corrected chi connectivity index (χ2v) is 20.5. The number of fused-ring (bicyclic) bond motifs is 8. The number of aliphatic carboxylic acids is 2. The van der Waals surface area contributed by atoms with Gasteiger partial charge in [0.25, 0.3) is 10.1 Å². The first-order chi connectivity index (χ1) is 34.6. The van der Waals surface area contributed by atoms with E-state index in [0.29, 0.717) is 25.7 Å². The van der Waals surface area contributed by atoms with Gasteiger partial charge in [0.05, 0.1) is 79.6 Å². The van der Waals surface area contributed by atoms with Crippen molar-refractivity contribution >= 4 is 44.0 Å². The standard InChI is InChI=1S/C20H38O7S.2C19H17O3/c1-5-9-11-15(7-3)13-20(19(23)24,14-16(8-4)12-10-6-2)17(18(21)22)28(25,26)27;2*1-20-15-7-8-17-12(10-15)3-4-14-9-13-5-6-16(21-2)11-18(13)22-19(14)17/h15-17H,5-14H2,1-4H3,(H,21,22)(H,23,24)(H,25,26,27);2*5-11H,3-4H2,1-2H3/q;2*+1/p-2. The van der Waals surface area contributed by atoms with Gasteiger partial charge >= 0.3 is 22.7 Å². The quantitative estimate of drug-likeness (QED) is 0.0561. The molecule has 3 unspecified atom stereocenters. The van der Waals surface area contributed by atoms with Gasteiger partial charge in [0, 0.05) is 11.4 Å². The molecule has 0 amide bonds. The van der Waals surface area contributed by atoms with Crippen LogP contribution in [0.5, 0.6) is 23.0 Å². The zero-order valence-corrected chi connectivity index (χ0v) is 43.8. The molecule has 13 nitrogen and oxygen atoms in total. The third-order valence-electron chi connectivity index (χ3n) is 14.4. The number of carbonyl (C=O) groups is 2.